The maximum Gasteiger partial charge on any atom is 0.338 e. The second kappa shape index (κ2) is 7.39. The first-order chi connectivity index (χ1) is 8.66. The minimum Gasteiger partial charge on any atom is -0.478 e. The first-order valence-corrected chi connectivity index (χ1v) is 5.61. The van der Waals surface area contributed by atoms with Crippen molar-refractivity contribution in [2.45, 2.75) is 12.8 Å². The third-order valence-corrected chi connectivity index (χ3v) is 2.36. The third-order valence-electron chi connectivity index (χ3n) is 2.36. The number of rotatable bonds is 7. The first-order valence-electron chi connectivity index (χ1n) is 5.61. The Bertz CT molecular complexity index is 420. The number of methoxy groups -OCH3 is 1. The quantitative estimate of drug-likeness (QED) is 0.705. The highest BCUT2D eigenvalue weighted by Gasteiger charge is 2.15. The van der Waals surface area contributed by atoms with Crippen LogP contribution in [0.15, 0.2) is 18.5 Å². The molecule has 1 heterocycles. The van der Waals surface area contributed by atoms with Gasteiger partial charge in [-0.3, -0.25) is 9.78 Å². The molecule has 0 aliphatic heterocycles. The SMILES string of the molecule is COCCCCNC(=O)c1ccncc1C(=O)O. The van der Waals surface area contributed by atoms with Gasteiger partial charge in [0.15, 0.2) is 0 Å². The Hall–Kier alpha value is -1.95. The molecule has 0 saturated carbocycles. The van der Waals surface area contributed by atoms with Crippen molar-refractivity contribution in [2.24, 2.45) is 0 Å². The fourth-order valence-corrected chi connectivity index (χ4v) is 1.43. The van der Waals surface area contributed by atoms with Crippen molar-refractivity contribution in [2.75, 3.05) is 20.3 Å². The lowest BCUT2D eigenvalue weighted by atomic mass is 10.1. The number of carbonyl (C=O) groups is 2. The molecule has 0 atom stereocenters. The van der Waals surface area contributed by atoms with Crippen molar-refractivity contribution in [3.05, 3.63) is 29.6 Å². The number of amides is 1. The number of carboxylic acids is 1. The predicted molar refractivity (Wildman–Crippen MR) is 64.6 cm³/mol. The maximum atomic E-state index is 11.8. The monoisotopic (exact) mass is 252 g/mol. The van der Waals surface area contributed by atoms with Crippen LogP contribution in [0.25, 0.3) is 0 Å². The Kier molecular flexibility index (Phi) is 5.79. The van der Waals surface area contributed by atoms with Crippen LogP contribution in [0.4, 0.5) is 0 Å². The molecule has 0 fully saturated rings. The molecule has 6 nitrogen and oxygen atoms in total. The van der Waals surface area contributed by atoms with Gasteiger partial charge in [0, 0.05) is 32.7 Å². The highest BCUT2D eigenvalue weighted by atomic mass is 16.5. The van der Waals surface area contributed by atoms with Crippen molar-refractivity contribution < 1.29 is 19.4 Å². The number of aromatic carboxylic acids is 1. The van der Waals surface area contributed by atoms with Crippen molar-refractivity contribution >= 4 is 11.9 Å². The Morgan fingerprint density at radius 1 is 1.39 bits per heavy atom. The summed E-state index contributed by atoms with van der Waals surface area (Å²) in [6, 6.07) is 1.40. The lowest BCUT2D eigenvalue weighted by molar-refractivity contribution is 0.0690. The summed E-state index contributed by atoms with van der Waals surface area (Å²) in [6.45, 7) is 1.13. The van der Waals surface area contributed by atoms with Gasteiger partial charge in [-0.05, 0) is 18.9 Å². The van der Waals surface area contributed by atoms with Crippen LogP contribution in [0.1, 0.15) is 33.6 Å². The summed E-state index contributed by atoms with van der Waals surface area (Å²) < 4.78 is 4.89. The van der Waals surface area contributed by atoms with Gasteiger partial charge in [-0.15, -0.1) is 0 Å². The molecule has 0 bridgehead atoms. The van der Waals surface area contributed by atoms with Crippen molar-refractivity contribution in [3.8, 4) is 0 Å². The number of carbonyl (C=O) groups excluding carboxylic acids is 1. The standard InChI is InChI=1S/C12H16N2O4/c1-18-7-3-2-5-14-11(15)9-4-6-13-8-10(9)12(16)17/h4,6,8H,2-3,5,7H2,1H3,(H,14,15)(H,16,17). The van der Waals surface area contributed by atoms with E-state index < -0.39 is 11.9 Å². The van der Waals surface area contributed by atoms with E-state index in [0.29, 0.717) is 13.2 Å². The minimum absolute atomic E-state index is 0.0908. The zero-order valence-electron chi connectivity index (χ0n) is 10.2. The average molecular weight is 252 g/mol. The number of nitrogens with zero attached hydrogens (tertiary/aromatic N) is 1. The van der Waals surface area contributed by atoms with Crippen LogP contribution in [-0.2, 0) is 4.74 Å². The lowest BCUT2D eigenvalue weighted by Gasteiger charge is -2.07. The Morgan fingerprint density at radius 2 is 2.17 bits per heavy atom. The molecule has 0 aromatic carbocycles. The van der Waals surface area contributed by atoms with Gasteiger partial charge in [0.25, 0.3) is 5.91 Å². The summed E-state index contributed by atoms with van der Waals surface area (Å²) in [4.78, 5) is 26.4. The highest BCUT2D eigenvalue weighted by Crippen LogP contribution is 2.06. The van der Waals surface area contributed by atoms with Crippen molar-refractivity contribution in [3.63, 3.8) is 0 Å². The van der Waals surface area contributed by atoms with Gasteiger partial charge in [0.05, 0.1) is 11.1 Å². The molecule has 1 aromatic heterocycles. The Morgan fingerprint density at radius 3 is 2.83 bits per heavy atom. The van der Waals surface area contributed by atoms with Crippen LogP contribution in [-0.4, -0.2) is 42.2 Å². The topological polar surface area (TPSA) is 88.5 Å². The highest BCUT2D eigenvalue weighted by molar-refractivity contribution is 6.04. The summed E-state index contributed by atoms with van der Waals surface area (Å²) in [6.07, 6.45) is 4.19. The zero-order chi connectivity index (χ0) is 13.4. The molecule has 0 unspecified atom stereocenters. The fourth-order valence-electron chi connectivity index (χ4n) is 1.43. The molecule has 98 valence electrons. The Balaban J connectivity index is 2.54. The maximum absolute atomic E-state index is 11.8. The second-order valence-corrected chi connectivity index (χ2v) is 3.68. The van der Waals surface area contributed by atoms with E-state index in [2.05, 4.69) is 10.3 Å². The molecule has 1 rings (SSSR count). The van der Waals surface area contributed by atoms with Crippen LogP contribution in [0.2, 0.25) is 0 Å². The number of pyridine rings is 1. The molecule has 0 aliphatic rings. The zero-order valence-corrected chi connectivity index (χ0v) is 10.2. The van der Waals surface area contributed by atoms with E-state index >= 15 is 0 Å². The van der Waals surface area contributed by atoms with E-state index in [-0.39, 0.29) is 11.1 Å². The smallest absolute Gasteiger partial charge is 0.338 e. The lowest BCUT2D eigenvalue weighted by Crippen LogP contribution is -2.26. The van der Waals surface area contributed by atoms with Gasteiger partial charge in [-0.25, -0.2) is 4.79 Å². The van der Waals surface area contributed by atoms with Gasteiger partial charge in [0.2, 0.25) is 0 Å². The number of carboxylic acid groups (broad SMARTS) is 1. The van der Waals surface area contributed by atoms with Crippen LogP contribution in [0.5, 0.6) is 0 Å². The van der Waals surface area contributed by atoms with Crippen LogP contribution in [0.3, 0.4) is 0 Å². The van der Waals surface area contributed by atoms with Gasteiger partial charge in [-0.2, -0.15) is 0 Å². The Labute approximate surface area is 105 Å². The molecule has 0 radical (unpaired) electrons. The molecule has 1 aromatic rings. The van der Waals surface area contributed by atoms with E-state index in [0.717, 1.165) is 12.8 Å². The van der Waals surface area contributed by atoms with E-state index in [1.54, 1.807) is 7.11 Å². The molecule has 2 N–H and O–H groups in total. The van der Waals surface area contributed by atoms with Crippen molar-refractivity contribution in [1.82, 2.24) is 10.3 Å². The first kappa shape index (κ1) is 14.1. The minimum atomic E-state index is -1.16. The number of unbranched alkanes of at least 4 members (excludes halogenated alkanes) is 1. The molecule has 18 heavy (non-hydrogen) atoms. The predicted octanol–water partition coefficient (Wildman–Crippen LogP) is 0.936. The molecule has 6 heteroatoms. The second-order valence-electron chi connectivity index (χ2n) is 3.68. The van der Waals surface area contributed by atoms with Gasteiger partial charge in [-0.1, -0.05) is 0 Å². The third kappa shape index (κ3) is 4.14. The molecule has 0 aliphatic carbocycles. The van der Waals surface area contributed by atoms with Gasteiger partial charge >= 0.3 is 5.97 Å². The summed E-state index contributed by atoms with van der Waals surface area (Å²) >= 11 is 0. The molecular formula is C12H16N2O4. The summed E-state index contributed by atoms with van der Waals surface area (Å²) in [5.41, 5.74) is 0.0381. The number of aromatic nitrogens is 1. The van der Waals surface area contributed by atoms with E-state index in [1.807, 2.05) is 0 Å². The van der Waals surface area contributed by atoms with Crippen LogP contribution < -0.4 is 5.32 Å². The van der Waals surface area contributed by atoms with E-state index in [1.165, 1.54) is 18.5 Å². The fraction of sp³-hybridized carbons (Fsp3) is 0.417. The van der Waals surface area contributed by atoms with Crippen LogP contribution in [0, 0.1) is 0 Å². The number of hydrogen-bond donors (Lipinski definition) is 2. The summed E-state index contributed by atoms with van der Waals surface area (Å²) in [5, 5.41) is 11.6. The number of nitrogens with one attached hydrogen (secondary N) is 1. The summed E-state index contributed by atoms with van der Waals surface area (Å²) in [7, 11) is 1.62. The molecule has 1 amide bonds. The van der Waals surface area contributed by atoms with Crippen molar-refractivity contribution in [1.29, 1.82) is 0 Å². The largest absolute Gasteiger partial charge is 0.478 e. The van der Waals surface area contributed by atoms with Gasteiger partial charge < -0.3 is 15.2 Å². The molecular weight excluding hydrogens is 236 g/mol. The van der Waals surface area contributed by atoms with E-state index in [4.69, 9.17) is 9.84 Å². The average Bonchev–Trinajstić information content (AvgIpc) is 2.38. The summed E-state index contributed by atoms with van der Waals surface area (Å²) in [5.74, 6) is -1.56. The molecule has 0 spiro atoms. The van der Waals surface area contributed by atoms with Gasteiger partial charge in [0.1, 0.15) is 0 Å². The number of hydrogen-bond acceptors (Lipinski definition) is 4. The normalized spacial score (nSPS) is 10.1. The van der Waals surface area contributed by atoms with Crippen LogP contribution >= 0.6 is 0 Å². The van der Waals surface area contributed by atoms with E-state index in [9.17, 15) is 9.59 Å². The molecule has 0 saturated heterocycles. The number of ether oxygens (including phenoxy) is 1.